The number of aryl methyl sites for hydroxylation is 1. The number of benzene rings is 1. The minimum absolute atomic E-state index is 0.218. The molecule has 0 atom stereocenters. The molecule has 0 amide bonds. The molecule has 3 aromatic rings. The molecular weight excluding hydrogens is 229 g/mol. The van der Waals surface area contributed by atoms with Gasteiger partial charge in [-0.05, 0) is 24.3 Å². The Balaban J connectivity index is 2.13. The molecule has 0 aliphatic carbocycles. The van der Waals surface area contributed by atoms with Crippen molar-refractivity contribution in [3.05, 3.63) is 54.7 Å². The van der Waals surface area contributed by atoms with Crippen molar-refractivity contribution in [2.24, 2.45) is 7.05 Å². The van der Waals surface area contributed by atoms with Crippen LogP contribution in [0.3, 0.4) is 0 Å². The Labute approximate surface area is 104 Å². The average Bonchev–Trinajstić information content (AvgIpc) is 2.69. The van der Waals surface area contributed by atoms with E-state index in [1.165, 1.54) is 6.07 Å². The molecule has 4 heteroatoms. The van der Waals surface area contributed by atoms with Crippen molar-refractivity contribution in [2.75, 3.05) is 5.32 Å². The van der Waals surface area contributed by atoms with Gasteiger partial charge in [0, 0.05) is 31.3 Å². The van der Waals surface area contributed by atoms with Gasteiger partial charge >= 0.3 is 0 Å². The first-order valence-corrected chi connectivity index (χ1v) is 5.66. The number of rotatable bonds is 2. The quantitative estimate of drug-likeness (QED) is 0.744. The zero-order chi connectivity index (χ0) is 12.5. The van der Waals surface area contributed by atoms with Gasteiger partial charge in [-0.25, -0.2) is 4.39 Å². The topological polar surface area (TPSA) is 29.9 Å². The van der Waals surface area contributed by atoms with Gasteiger partial charge in [0.05, 0.1) is 16.6 Å². The van der Waals surface area contributed by atoms with Crippen LogP contribution in [0.4, 0.5) is 15.8 Å². The molecule has 2 heterocycles. The van der Waals surface area contributed by atoms with Crippen molar-refractivity contribution < 1.29 is 4.39 Å². The molecule has 3 rings (SSSR count). The molecule has 0 spiro atoms. The number of nitrogens with one attached hydrogen (secondary N) is 1. The average molecular weight is 241 g/mol. The molecule has 0 unspecified atom stereocenters. The smallest absolute Gasteiger partial charge is 0.134 e. The Morgan fingerprint density at radius 3 is 2.72 bits per heavy atom. The predicted molar refractivity (Wildman–Crippen MR) is 70.4 cm³/mol. The van der Waals surface area contributed by atoms with E-state index in [9.17, 15) is 4.39 Å². The zero-order valence-corrected chi connectivity index (χ0v) is 9.89. The first kappa shape index (κ1) is 10.8. The van der Waals surface area contributed by atoms with Gasteiger partial charge in [-0.1, -0.05) is 6.07 Å². The van der Waals surface area contributed by atoms with E-state index in [0.29, 0.717) is 5.39 Å². The van der Waals surface area contributed by atoms with Gasteiger partial charge in [0.2, 0.25) is 0 Å². The standard InChI is InChI=1S/C14H12FN3/c1-18-9-12(17-10-5-7-16-8-6-10)14-11(15)3-2-4-13(14)18/h2-9H,1H3,(H,16,17). The third-order valence-electron chi connectivity index (χ3n) is 2.92. The second kappa shape index (κ2) is 4.14. The van der Waals surface area contributed by atoms with Crippen molar-refractivity contribution in [3.63, 3.8) is 0 Å². The van der Waals surface area contributed by atoms with E-state index < -0.39 is 0 Å². The molecule has 0 saturated heterocycles. The highest BCUT2D eigenvalue weighted by Crippen LogP contribution is 2.29. The highest BCUT2D eigenvalue weighted by molar-refractivity contribution is 5.95. The summed E-state index contributed by atoms with van der Waals surface area (Å²) in [5.74, 6) is -0.218. The molecule has 18 heavy (non-hydrogen) atoms. The van der Waals surface area contributed by atoms with E-state index in [4.69, 9.17) is 0 Å². The lowest BCUT2D eigenvalue weighted by Crippen LogP contribution is -1.89. The third kappa shape index (κ3) is 1.72. The van der Waals surface area contributed by atoms with Gasteiger partial charge in [0.25, 0.3) is 0 Å². The van der Waals surface area contributed by atoms with Gasteiger partial charge in [-0.2, -0.15) is 0 Å². The molecule has 90 valence electrons. The largest absolute Gasteiger partial charge is 0.354 e. The maximum absolute atomic E-state index is 13.9. The minimum atomic E-state index is -0.218. The molecule has 1 aromatic carbocycles. The molecular formula is C14H12FN3. The maximum atomic E-state index is 13.9. The van der Waals surface area contributed by atoms with Crippen LogP contribution < -0.4 is 5.32 Å². The van der Waals surface area contributed by atoms with Crippen LogP contribution in [0.2, 0.25) is 0 Å². The summed E-state index contributed by atoms with van der Waals surface area (Å²) in [6.07, 6.45) is 5.28. The highest BCUT2D eigenvalue weighted by Gasteiger charge is 2.10. The number of hydrogen-bond donors (Lipinski definition) is 1. The summed E-state index contributed by atoms with van der Waals surface area (Å²) < 4.78 is 15.8. The molecule has 2 aromatic heterocycles. The Hall–Kier alpha value is -2.36. The van der Waals surface area contributed by atoms with Gasteiger partial charge in [0.1, 0.15) is 5.82 Å². The fraction of sp³-hybridized carbons (Fsp3) is 0.0714. The lowest BCUT2D eigenvalue weighted by molar-refractivity contribution is 0.640. The molecule has 1 N–H and O–H groups in total. The lowest BCUT2D eigenvalue weighted by atomic mass is 10.2. The van der Waals surface area contributed by atoms with Crippen LogP contribution in [0.25, 0.3) is 10.9 Å². The highest BCUT2D eigenvalue weighted by atomic mass is 19.1. The van der Waals surface area contributed by atoms with E-state index in [1.807, 2.05) is 36.0 Å². The summed E-state index contributed by atoms with van der Waals surface area (Å²) in [6, 6.07) is 8.78. The van der Waals surface area contributed by atoms with E-state index in [-0.39, 0.29) is 5.82 Å². The van der Waals surface area contributed by atoms with Gasteiger partial charge in [0.15, 0.2) is 0 Å². The number of hydrogen-bond acceptors (Lipinski definition) is 2. The summed E-state index contributed by atoms with van der Waals surface area (Å²) in [5, 5.41) is 3.82. The molecule has 0 aliphatic heterocycles. The number of nitrogens with zero attached hydrogens (tertiary/aromatic N) is 2. The van der Waals surface area contributed by atoms with Crippen molar-refractivity contribution in [1.29, 1.82) is 0 Å². The second-order valence-electron chi connectivity index (χ2n) is 4.15. The lowest BCUT2D eigenvalue weighted by Gasteiger charge is -2.04. The summed E-state index contributed by atoms with van der Waals surface area (Å²) in [7, 11) is 1.90. The third-order valence-corrected chi connectivity index (χ3v) is 2.92. The number of aromatic nitrogens is 2. The van der Waals surface area contributed by atoms with Crippen molar-refractivity contribution in [2.45, 2.75) is 0 Å². The van der Waals surface area contributed by atoms with E-state index in [2.05, 4.69) is 10.3 Å². The monoisotopic (exact) mass is 241 g/mol. The maximum Gasteiger partial charge on any atom is 0.134 e. The molecule has 0 radical (unpaired) electrons. The van der Waals surface area contributed by atoms with E-state index in [0.717, 1.165) is 16.9 Å². The van der Waals surface area contributed by atoms with Crippen LogP contribution in [0.5, 0.6) is 0 Å². The van der Waals surface area contributed by atoms with Crippen LogP contribution >= 0.6 is 0 Å². The molecule has 3 nitrogen and oxygen atoms in total. The van der Waals surface area contributed by atoms with Gasteiger partial charge in [-0.15, -0.1) is 0 Å². The normalized spacial score (nSPS) is 10.8. The summed E-state index contributed by atoms with van der Waals surface area (Å²) in [5.41, 5.74) is 2.52. The number of anilines is 2. The van der Waals surface area contributed by atoms with Crippen LogP contribution in [0.1, 0.15) is 0 Å². The molecule has 0 fully saturated rings. The fourth-order valence-corrected chi connectivity index (χ4v) is 2.09. The van der Waals surface area contributed by atoms with Crippen molar-refractivity contribution in [1.82, 2.24) is 9.55 Å². The van der Waals surface area contributed by atoms with E-state index >= 15 is 0 Å². The SMILES string of the molecule is Cn1cc(Nc2ccncc2)c2c(F)cccc21. The number of fused-ring (bicyclic) bond motifs is 1. The second-order valence-corrected chi connectivity index (χ2v) is 4.15. The summed E-state index contributed by atoms with van der Waals surface area (Å²) in [6.45, 7) is 0. The number of halogens is 1. The van der Waals surface area contributed by atoms with Crippen LogP contribution in [-0.4, -0.2) is 9.55 Å². The van der Waals surface area contributed by atoms with Crippen molar-refractivity contribution >= 4 is 22.3 Å². The Kier molecular flexibility index (Phi) is 2.48. The fourth-order valence-electron chi connectivity index (χ4n) is 2.09. The van der Waals surface area contributed by atoms with Crippen LogP contribution in [0, 0.1) is 5.82 Å². The van der Waals surface area contributed by atoms with Gasteiger partial charge < -0.3 is 9.88 Å². The first-order chi connectivity index (χ1) is 8.75. The minimum Gasteiger partial charge on any atom is -0.354 e. The Bertz CT molecular complexity index is 689. The first-order valence-electron chi connectivity index (χ1n) is 5.66. The van der Waals surface area contributed by atoms with E-state index in [1.54, 1.807) is 18.5 Å². The van der Waals surface area contributed by atoms with Crippen LogP contribution in [0.15, 0.2) is 48.9 Å². The Morgan fingerprint density at radius 1 is 1.17 bits per heavy atom. The van der Waals surface area contributed by atoms with Gasteiger partial charge in [-0.3, -0.25) is 4.98 Å². The summed E-state index contributed by atoms with van der Waals surface area (Å²) >= 11 is 0. The predicted octanol–water partition coefficient (Wildman–Crippen LogP) is 3.46. The molecule has 0 aliphatic rings. The van der Waals surface area contributed by atoms with Crippen LogP contribution in [-0.2, 0) is 7.05 Å². The molecule has 0 bridgehead atoms. The number of pyridine rings is 1. The Morgan fingerprint density at radius 2 is 1.94 bits per heavy atom. The summed E-state index contributed by atoms with van der Waals surface area (Å²) in [4.78, 5) is 3.95. The molecule has 0 saturated carbocycles. The van der Waals surface area contributed by atoms with Crippen molar-refractivity contribution in [3.8, 4) is 0 Å². The zero-order valence-electron chi connectivity index (χ0n) is 9.89.